The first kappa shape index (κ1) is 24.7. The number of ether oxygens (including phenoxy) is 1. The van der Waals surface area contributed by atoms with Gasteiger partial charge in [0, 0.05) is 19.6 Å². The number of hydrogen-bond acceptors (Lipinski definition) is 5. The number of hydrogen-bond donors (Lipinski definition) is 2. The normalized spacial score (nSPS) is 17.1. The highest BCUT2D eigenvalue weighted by atomic mass is 35.5. The Hall–Kier alpha value is -1.35. The molecule has 160 valence electrons. The molecule has 1 amide bonds. The fourth-order valence-electron chi connectivity index (χ4n) is 3.39. The standard InChI is InChI=1S/C19H31N3O4S.ClH/c1-4-22(5-2)27(24,25)16-8-9-18(26-3)17(13-16)19(23)21-12-10-15-7-6-11-20-14-15;/h8-9,13,15,20H,4-7,10-12,14H2,1-3H3,(H,21,23);1H. The van der Waals surface area contributed by atoms with Crippen molar-refractivity contribution in [3.63, 3.8) is 0 Å². The summed E-state index contributed by atoms with van der Waals surface area (Å²) in [5.41, 5.74) is 0.243. The summed E-state index contributed by atoms with van der Waals surface area (Å²) in [6, 6.07) is 4.43. The Morgan fingerprint density at radius 2 is 2.04 bits per heavy atom. The molecule has 2 rings (SSSR count). The lowest BCUT2D eigenvalue weighted by atomic mass is 9.96. The van der Waals surface area contributed by atoms with Crippen LogP contribution in [0.25, 0.3) is 0 Å². The van der Waals surface area contributed by atoms with Gasteiger partial charge in [-0.25, -0.2) is 8.42 Å². The van der Waals surface area contributed by atoms with Gasteiger partial charge in [-0.2, -0.15) is 4.31 Å². The van der Waals surface area contributed by atoms with Gasteiger partial charge in [-0.05, 0) is 56.5 Å². The van der Waals surface area contributed by atoms with E-state index in [9.17, 15) is 13.2 Å². The average Bonchev–Trinajstić information content (AvgIpc) is 2.69. The number of piperidine rings is 1. The van der Waals surface area contributed by atoms with Crippen LogP contribution in [0.2, 0.25) is 0 Å². The summed E-state index contributed by atoms with van der Waals surface area (Å²) in [6.45, 7) is 6.94. The maximum absolute atomic E-state index is 12.7. The van der Waals surface area contributed by atoms with Crippen LogP contribution < -0.4 is 15.4 Å². The molecule has 1 heterocycles. The molecule has 0 spiro atoms. The maximum atomic E-state index is 12.7. The lowest BCUT2D eigenvalue weighted by Crippen LogP contribution is -2.33. The van der Waals surface area contributed by atoms with Crippen molar-refractivity contribution in [2.75, 3.05) is 39.8 Å². The van der Waals surface area contributed by atoms with Crippen molar-refractivity contribution < 1.29 is 17.9 Å². The SMILES string of the molecule is CCN(CC)S(=O)(=O)c1ccc(OC)c(C(=O)NCCC2CCCNC2)c1.Cl. The molecule has 1 atom stereocenters. The minimum atomic E-state index is -3.63. The number of amides is 1. The number of halogens is 1. The van der Waals surface area contributed by atoms with Gasteiger partial charge >= 0.3 is 0 Å². The first-order valence-electron chi connectivity index (χ1n) is 9.61. The first-order valence-corrected chi connectivity index (χ1v) is 11.0. The minimum absolute atomic E-state index is 0. The summed E-state index contributed by atoms with van der Waals surface area (Å²) >= 11 is 0. The van der Waals surface area contributed by atoms with Crippen LogP contribution in [0, 0.1) is 5.92 Å². The molecular weight excluding hydrogens is 402 g/mol. The molecule has 9 heteroatoms. The largest absolute Gasteiger partial charge is 0.496 e. The summed E-state index contributed by atoms with van der Waals surface area (Å²) in [5.74, 6) is 0.618. The van der Waals surface area contributed by atoms with Crippen molar-refractivity contribution in [3.8, 4) is 5.75 Å². The molecule has 7 nitrogen and oxygen atoms in total. The van der Waals surface area contributed by atoms with E-state index >= 15 is 0 Å². The van der Waals surface area contributed by atoms with Gasteiger partial charge in [-0.1, -0.05) is 13.8 Å². The molecule has 0 aromatic heterocycles. The maximum Gasteiger partial charge on any atom is 0.255 e. The molecule has 1 aromatic carbocycles. The van der Waals surface area contributed by atoms with E-state index in [4.69, 9.17) is 4.74 Å². The van der Waals surface area contributed by atoms with E-state index in [2.05, 4.69) is 10.6 Å². The zero-order valence-corrected chi connectivity index (χ0v) is 18.5. The van der Waals surface area contributed by atoms with Crippen LogP contribution in [0.3, 0.4) is 0 Å². The van der Waals surface area contributed by atoms with Gasteiger partial charge in [0.25, 0.3) is 5.91 Å². The van der Waals surface area contributed by atoms with Crippen molar-refractivity contribution in [1.82, 2.24) is 14.9 Å². The monoisotopic (exact) mass is 433 g/mol. The zero-order chi connectivity index (χ0) is 19.9. The predicted molar refractivity (Wildman–Crippen MR) is 113 cm³/mol. The Bertz CT molecular complexity index is 733. The molecule has 0 bridgehead atoms. The molecular formula is C19H32ClN3O4S. The van der Waals surface area contributed by atoms with Gasteiger partial charge in [0.1, 0.15) is 5.75 Å². The molecule has 2 N–H and O–H groups in total. The van der Waals surface area contributed by atoms with Crippen LogP contribution in [0.4, 0.5) is 0 Å². The van der Waals surface area contributed by atoms with Crippen molar-refractivity contribution in [2.45, 2.75) is 38.0 Å². The minimum Gasteiger partial charge on any atom is -0.496 e. The summed E-state index contributed by atoms with van der Waals surface area (Å²) in [7, 11) is -2.16. The van der Waals surface area contributed by atoms with Gasteiger partial charge in [0.05, 0.1) is 17.6 Å². The highest BCUT2D eigenvalue weighted by Gasteiger charge is 2.24. The Labute approximate surface area is 174 Å². The number of nitrogens with one attached hydrogen (secondary N) is 2. The van der Waals surface area contributed by atoms with Crippen LogP contribution in [0.15, 0.2) is 23.1 Å². The number of sulfonamides is 1. The van der Waals surface area contributed by atoms with E-state index in [1.54, 1.807) is 13.8 Å². The topological polar surface area (TPSA) is 87.7 Å². The summed E-state index contributed by atoms with van der Waals surface area (Å²) in [5, 5.41) is 6.27. The highest BCUT2D eigenvalue weighted by molar-refractivity contribution is 7.89. The van der Waals surface area contributed by atoms with Gasteiger partial charge in [-0.3, -0.25) is 4.79 Å². The van der Waals surface area contributed by atoms with Crippen LogP contribution in [-0.4, -0.2) is 58.5 Å². The third kappa shape index (κ3) is 6.07. The summed E-state index contributed by atoms with van der Waals surface area (Å²) < 4.78 is 32.1. The number of methoxy groups -OCH3 is 1. The van der Waals surface area contributed by atoms with Crippen LogP contribution in [0.1, 0.15) is 43.5 Å². The molecule has 28 heavy (non-hydrogen) atoms. The van der Waals surface area contributed by atoms with E-state index in [-0.39, 0.29) is 28.8 Å². The lowest BCUT2D eigenvalue weighted by Gasteiger charge is -2.22. The van der Waals surface area contributed by atoms with E-state index in [1.165, 1.54) is 36.0 Å². The highest BCUT2D eigenvalue weighted by Crippen LogP contribution is 2.24. The number of rotatable bonds is 9. The molecule has 1 aromatic rings. The Balaban J connectivity index is 0.00000392. The summed E-state index contributed by atoms with van der Waals surface area (Å²) in [6.07, 6.45) is 3.24. The fraction of sp³-hybridized carbons (Fsp3) is 0.632. The third-order valence-electron chi connectivity index (χ3n) is 5.00. The van der Waals surface area contributed by atoms with Gasteiger partial charge in [0.15, 0.2) is 0 Å². The van der Waals surface area contributed by atoms with Gasteiger partial charge < -0.3 is 15.4 Å². The molecule has 0 aliphatic carbocycles. The second kappa shape index (κ2) is 11.6. The molecule has 1 aliphatic heterocycles. The van der Waals surface area contributed by atoms with Crippen LogP contribution in [-0.2, 0) is 10.0 Å². The van der Waals surface area contributed by atoms with Gasteiger partial charge in [-0.15, -0.1) is 12.4 Å². The second-order valence-electron chi connectivity index (χ2n) is 6.71. The third-order valence-corrected chi connectivity index (χ3v) is 7.04. The van der Waals surface area contributed by atoms with Crippen molar-refractivity contribution in [3.05, 3.63) is 23.8 Å². The quantitative estimate of drug-likeness (QED) is 0.623. The molecule has 1 unspecified atom stereocenters. The zero-order valence-electron chi connectivity index (χ0n) is 16.9. The molecule has 0 saturated carbocycles. The molecule has 1 saturated heterocycles. The predicted octanol–water partition coefficient (Wildman–Crippen LogP) is 2.27. The number of nitrogens with zero attached hydrogens (tertiary/aromatic N) is 1. The number of carbonyl (C=O) groups is 1. The first-order chi connectivity index (χ1) is 12.9. The van der Waals surface area contributed by atoms with E-state index in [0.29, 0.717) is 31.3 Å². The Morgan fingerprint density at radius 1 is 1.32 bits per heavy atom. The number of carbonyl (C=O) groups excluding carboxylic acids is 1. The Kier molecular flexibility index (Phi) is 10.2. The van der Waals surface area contributed by atoms with Crippen molar-refractivity contribution in [2.24, 2.45) is 5.92 Å². The Morgan fingerprint density at radius 3 is 2.61 bits per heavy atom. The van der Waals surface area contributed by atoms with Crippen LogP contribution >= 0.6 is 12.4 Å². The average molecular weight is 434 g/mol. The fourth-order valence-corrected chi connectivity index (χ4v) is 4.88. The molecule has 1 fully saturated rings. The van der Waals surface area contributed by atoms with E-state index in [0.717, 1.165) is 25.9 Å². The molecule has 0 radical (unpaired) electrons. The second-order valence-corrected chi connectivity index (χ2v) is 8.65. The van der Waals surface area contributed by atoms with Crippen molar-refractivity contribution >= 4 is 28.3 Å². The lowest BCUT2D eigenvalue weighted by molar-refractivity contribution is 0.0947. The van der Waals surface area contributed by atoms with E-state index < -0.39 is 10.0 Å². The van der Waals surface area contributed by atoms with E-state index in [1.807, 2.05) is 0 Å². The van der Waals surface area contributed by atoms with Crippen LogP contribution in [0.5, 0.6) is 5.75 Å². The number of benzene rings is 1. The smallest absolute Gasteiger partial charge is 0.255 e. The summed E-state index contributed by atoms with van der Waals surface area (Å²) in [4.78, 5) is 12.7. The van der Waals surface area contributed by atoms with Gasteiger partial charge in [0.2, 0.25) is 10.0 Å². The molecule has 1 aliphatic rings. The van der Waals surface area contributed by atoms with Crippen molar-refractivity contribution in [1.29, 1.82) is 0 Å².